The molecule has 1 aliphatic carbocycles. The molecule has 0 aromatic carbocycles. The van der Waals surface area contributed by atoms with E-state index in [2.05, 4.69) is 15.5 Å². The van der Waals surface area contributed by atoms with Crippen LogP contribution in [0.15, 0.2) is 0 Å². The first-order chi connectivity index (χ1) is 10.2. The first-order valence-electron chi connectivity index (χ1n) is 7.74. The summed E-state index contributed by atoms with van der Waals surface area (Å²) in [5.41, 5.74) is 0. The van der Waals surface area contributed by atoms with E-state index in [4.69, 9.17) is 9.84 Å². The summed E-state index contributed by atoms with van der Waals surface area (Å²) in [4.78, 5) is 25.1. The van der Waals surface area contributed by atoms with Crippen molar-refractivity contribution in [1.29, 1.82) is 0 Å². The lowest BCUT2D eigenvalue weighted by Gasteiger charge is -2.26. The Bertz CT molecular complexity index is 358. The Morgan fingerprint density at radius 1 is 1.24 bits per heavy atom. The van der Waals surface area contributed by atoms with Crippen LogP contribution in [0.5, 0.6) is 0 Å². The molecule has 2 amide bonds. The molecule has 2 fully saturated rings. The Hall–Kier alpha value is -1.34. The van der Waals surface area contributed by atoms with E-state index >= 15 is 0 Å². The number of ether oxygens (including phenoxy) is 1. The Labute approximate surface area is 125 Å². The molecule has 1 heterocycles. The third-order valence-corrected chi connectivity index (χ3v) is 4.19. The normalized spacial score (nSPS) is 26.5. The minimum Gasteiger partial charge on any atom is -0.481 e. The number of carboxylic acid groups (broad SMARTS) is 1. The molecule has 21 heavy (non-hydrogen) atoms. The number of hydrogen-bond donors (Lipinski definition) is 3. The first kappa shape index (κ1) is 16.0. The molecule has 7 nitrogen and oxygen atoms in total. The van der Waals surface area contributed by atoms with Crippen molar-refractivity contribution in [2.24, 2.45) is 5.92 Å². The number of nitrogens with zero attached hydrogens (tertiary/aromatic N) is 1. The minimum atomic E-state index is -0.815. The molecule has 2 unspecified atom stereocenters. The molecule has 7 heteroatoms. The van der Waals surface area contributed by atoms with Crippen molar-refractivity contribution in [3.8, 4) is 0 Å². The predicted octanol–water partition coefficient (Wildman–Crippen LogP) is 0.261. The van der Waals surface area contributed by atoms with E-state index in [1.807, 2.05) is 0 Å². The summed E-state index contributed by atoms with van der Waals surface area (Å²) in [5, 5.41) is 14.7. The van der Waals surface area contributed by atoms with Gasteiger partial charge in [0.2, 0.25) is 0 Å². The molecule has 0 aromatic rings. The van der Waals surface area contributed by atoms with Gasteiger partial charge in [-0.2, -0.15) is 0 Å². The lowest BCUT2D eigenvalue weighted by atomic mass is 10.0. The van der Waals surface area contributed by atoms with Crippen LogP contribution in [0.3, 0.4) is 0 Å². The number of urea groups is 1. The lowest BCUT2D eigenvalue weighted by molar-refractivity contribution is -0.142. The number of carbonyl (C=O) groups excluding carboxylic acids is 1. The SMILES string of the molecule is O=C(NCCCN1CCOCC1)NC1CCCC1C(=O)O. The molecular weight excluding hydrogens is 274 g/mol. The summed E-state index contributed by atoms with van der Waals surface area (Å²) in [6, 6.07) is -0.489. The topological polar surface area (TPSA) is 90.9 Å². The molecular formula is C14H25N3O4. The van der Waals surface area contributed by atoms with Gasteiger partial charge in [-0.05, 0) is 25.8 Å². The highest BCUT2D eigenvalue weighted by Crippen LogP contribution is 2.25. The van der Waals surface area contributed by atoms with E-state index in [1.54, 1.807) is 0 Å². The predicted molar refractivity (Wildman–Crippen MR) is 77.2 cm³/mol. The fourth-order valence-electron chi connectivity index (χ4n) is 2.98. The fraction of sp³-hybridized carbons (Fsp3) is 0.857. The van der Waals surface area contributed by atoms with Gasteiger partial charge in [0.05, 0.1) is 19.1 Å². The number of aliphatic carboxylic acids is 1. The van der Waals surface area contributed by atoms with Crippen molar-refractivity contribution in [2.45, 2.75) is 31.7 Å². The van der Waals surface area contributed by atoms with Crippen molar-refractivity contribution >= 4 is 12.0 Å². The van der Waals surface area contributed by atoms with E-state index in [-0.39, 0.29) is 12.1 Å². The van der Waals surface area contributed by atoms with Crippen LogP contribution < -0.4 is 10.6 Å². The van der Waals surface area contributed by atoms with Gasteiger partial charge in [-0.25, -0.2) is 4.79 Å². The van der Waals surface area contributed by atoms with Crippen molar-refractivity contribution in [3.05, 3.63) is 0 Å². The van der Waals surface area contributed by atoms with E-state index < -0.39 is 11.9 Å². The van der Waals surface area contributed by atoms with Gasteiger partial charge < -0.3 is 20.5 Å². The average Bonchev–Trinajstić information content (AvgIpc) is 2.93. The standard InChI is InChI=1S/C14H25N3O4/c18-13(19)11-3-1-4-12(11)16-14(20)15-5-2-6-17-7-9-21-10-8-17/h11-12H,1-10H2,(H,18,19)(H2,15,16,20). The highest BCUT2D eigenvalue weighted by atomic mass is 16.5. The maximum Gasteiger partial charge on any atom is 0.315 e. The summed E-state index contributed by atoms with van der Waals surface area (Å²) in [7, 11) is 0. The Morgan fingerprint density at radius 2 is 2.00 bits per heavy atom. The summed E-state index contributed by atoms with van der Waals surface area (Å²) in [6.07, 6.45) is 3.15. The zero-order chi connectivity index (χ0) is 15.1. The van der Waals surface area contributed by atoms with Crippen LogP contribution in [0.2, 0.25) is 0 Å². The van der Waals surface area contributed by atoms with Crippen LogP contribution in [0.1, 0.15) is 25.7 Å². The lowest BCUT2D eigenvalue weighted by Crippen LogP contribution is -2.46. The second-order valence-electron chi connectivity index (χ2n) is 5.69. The van der Waals surface area contributed by atoms with E-state index in [1.165, 1.54) is 0 Å². The third kappa shape index (κ3) is 5.17. The highest BCUT2D eigenvalue weighted by molar-refractivity contribution is 5.76. The van der Waals surface area contributed by atoms with Gasteiger partial charge in [-0.15, -0.1) is 0 Å². The second kappa shape index (κ2) is 8.19. The number of morpholine rings is 1. The molecule has 3 N–H and O–H groups in total. The number of carboxylic acids is 1. The summed E-state index contributed by atoms with van der Waals surface area (Å²) < 4.78 is 5.28. The number of amides is 2. The van der Waals surface area contributed by atoms with Gasteiger partial charge in [0, 0.05) is 25.7 Å². The van der Waals surface area contributed by atoms with Gasteiger partial charge in [0.1, 0.15) is 0 Å². The van der Waals surface area contributed by atoms with Crippen LogP contribution in [0, 0.1) is 5.92 Å². The van der Waals surface area contributed by atoms with E-state index in [9.17, 15) is 9.59 Å². The van der Waals surface area contributed by atoms with Crippen molar-refractivity contribution < 1.29 is 19.4 Å². The van der Waals surface area contributed by atoms with Crippen LogP contribution in [-0.2, 0) is 9.53 Å². The molecule has 1 aliphatic heterocycles. The van der Waals surface area contributed by atoms with Crippen LogP contribution in [-0.4, -0.2) is 67.4 Å². The molecule has 2 aliphatic rings. The smallest absolute Gasteiger partial charge is 0.315 e. The second-order valence-corrected chi connectivity index (χ2v) is 5.69. The molecule has 0 spiro atoms. The zero-order valence-corrected chi connectivity index (χ0v) is 12.3. The van der Waals surface area contributed by atoms with Crippen molar-refractivity contribution in [2.75, 3.05) is 39.4 Å². The fourth-order valence-corrected chi connectivity index (χ4v) is 2.98. The summed E-state index contributed by atoms with van der Waals surface area (Å²) in [5.74, 6) is -1.26. The third-order valence-electron chi connectivity index (χ3n) is 4.19. The summed E-state index contributed by atoms with van der Waals surface area (Å²) in [6.45, 7) is 5.03. The van der Waals surface area contributed by atoms with Gasteiger partial charge in [0.15, 0.2) is 0 Å². The number of hydrogen-bond acceptors (Lipinski definition) is 4. The highest BCUT2D eigenvalue weighted by Gasteiger charge is 2.33. The van der Waals surface area contributed by atoms with Crippen LogP contribution in [0.4, 0.5) is 4.79 Å². The van der Waals surface area contributed by atoms with Gasteiger partial charge >= 0.3 is 12.0 Å². The molecule has 0 radical (unpaired) electrons. The molecule has 2 atom stereocenters. The maximum absolute atomic E-state index is 11.8. The molecule has 0 aromatic heterocycles. The van der Waals surface area contributed by atoms with E-state index in [0.717, 1.165) is 52.1 Å². The number of nitrogens with one attached hydrogen (secondary N) is 2. The number of rotatable bonds is 6. The van der Waals surface area contributed by atoms with Gasteiger partial charge in [-0.1, -0.05) is 6.42 Å². The Morgan fingerprint density at radius 3 is 2.71 bits per heavy atom. The quantitative estimate of drug-likeness (QED) is 0.612. The first-order valence-corrected chi connectivity index (χ1v) is 7.74. The van der Waals surface area contributed by atoms with E-state index in [0.29, 0.717) is 13.0 Å². The van der Waals surface area contributed by atoms with Crippen LogP contribution in [0.25, 0.3) is 0 Å². The Balaban J connectivity index is 1.58. The van der Waals surface area contributed by atoms with Crippen molar-refractivity contribution in [3.63, 3.8) is 0 Å². The van der Waals surface area contributed by atoms with Crippen LogP contribution >= 0.6 is 0 Å². The molecule has 1 saturated heterocycles. The molecule has 0 bridgehead atoms. The van der Waals surface area contributed by atoms with Crippen molar-refractivity contribution in [1.82, 2.24) is 15.5 Å². The van der Waals surface area contributed by atoms with Gasteiger partial charge in [0.25, 0.3) is 0 Å². The van der Waals surface area contributed by atoms with Gasteiger partial charge in [-0.3, -0.25) is 9.69 Å². The molecule has 120 valence electrons. The summed E-state index contributed by atoms with van der Waals surface area (Å²) >= 11 is 0. The number of carbonyl (C=O) groups is 2. The molecule has 2 rings (SSSR count). The largest absolute Gasteiger partial charge is 0.481 e. The average molecular weight is 299 g/mol. The zero-order valence-electron chi connectivity index (χ0n) is 12.3. The Kier molecular flexibility index (Phi) is 6.25. The molecule has 1 saturated carbocycles. The minimum absolute atomic E-state index is 0.234. The maximum atomic E-state index is 11.8. The monoisotopic (exact) mass is 299 g/mol.